The van der Waals surface area contributed by atoms with Crippen LogP contribution in [0.2, 0.25) is 0 Å². The van der Waals surface area contributed by atoms with E-state index in [1.807, 2.05) is 13.8 Å². The SMILES string of the molecule is CC(C)C1NC(=O)CN1C(C)(O)C(C)C(=O)O. The van der Waals surface area contributed by atoms with E-state index in [-0.39, 0.29) is 24.5 Å². The number of carbonyl (C=O) groups excluding carboxylic acids is 1. The molecule has 0 aromatic heterocycles. The first-order chi connectivity index (χ1) is 7.67. The number of nitrogens with one attached hydrogen (secondary N) is 1. The van der Waals surface area contributed by atoms with Gasteiger partial charge in [0.15, 0.2) is 0 Å². The first kappa shape index (κ1) is 13.9. The Balaban J connectivity index is 2.96. The second kappa shape index (κ2) is 4.62. The van der Waals surface area contributed by atoms with Crippen molar-refractivity contribution >= 4 is 11.9 Å². The molecule has 6 heteroatoms. The van der Waals surface area contributed by atoms with E-state index in [9.17, 15) is 14.7 Å². The standard InChI is InChI=1S/C11H20N2O4/c1-6(2)9-12-8(14)5-13(9)11(4,17)7(3)10(15)16/h6-7,9,17H,5H2,1-4H3,(H,12,14)(H,15,16). The molecule has 0 bridgehead atoms. The molecule has 0 radical (unpaired) electrons. The lowest BCUT2D eigenvalue weighted by Gasteiger charge is -2.40. The van der Waals surface area contributed by atoms with Crippen molar-refractivity contribution in [3.05, 3.63) is 0 Å². The van der Waals surface area contributed by atoms with E-state index in [1.54, 1.807) is 0 Å². The monoisotopic (exact) mass is 244 g/mol. The highest BCUT2D eigenvalue weighted by atomic mass is 16.4. The van der Waals surface area contributed by atoms with E-state index >= 15 is 0 Å². The molecule has 3 N–H and O–H groups in total. The summed E-state index contributed by atoms with van der Waals surface area (Å²) in [5.41, 5.74) is -1.56. The van der Waals surface area contributed by atoms with Crippen molar-refractivity contribution in [2.24, 2.45) is 11.8 Å². The van der Waals surface area contributed by atoms with Gasteiger partial charge in [0.2, 0.25) is 5.91 Å². The van der Waals surface area contributed by atoms with Gasteiger partial charge in [-0.2, -0.15) is 0 Å². The number of hydrogen-bond acceptors (Lipinski definition) is 4. The molecule has 98 valence electrons. The molecule has 1 aliphatic rings. The summed E-state index contributed by atoms with van der Waals surface area (Å²) in [5, 5.41) is 22.1. The van der Waals surface area contributed by atoms with Gasteiger partial charge < -0.3 is 15.5 Å². The van der Waals surface area contributed by atoms with Crippen LogP contribution in [0.4, 0.5) is 0 Å². The Kier molecular flexibility index (Phi) is 3.78. The predicted molar refractivity (Wildman–Crippen MR) is 60.9 cm³/mol. The van der Waals surface area contributed by atoms with Gasteiger partial charge in [-0.25, -0.2) is 4.90 Å². The number of nitrogens with zero attached hydrogens (tertiary/aromatic N) is 1. The number of carbonyl (C=O) groups is 2. The third kappa shape index (κ3) is 2.58. The minimum atomic E-state index is -1.56. The van der Waals surface area contributed by atoms with Crippen molar-refractivity contribution < 1.29 is 19.8 Å². The van der Waals surface area contributed by atoms with Crippen LogP contribution >= 0.6 is 0 Å². The summed E-state index contributed by atoms with van der Waals surface area (Å²) < 4.78 is 0. The van der Waals surface area contributed by atoms with E-state index in [0.717, 1.165) is 0 Å². The highest BCUT2D eigenvalue weighted by Gasteiger charge is 2.47. The second-order valence-electron chi connectivity index (χ2n) is 5.04. The molecule has 0 aromatic rings. The first-order valence-corrected chi connectivity index (χ1v) is 5.69. The molecule has 0 saturated carbocycles. The Morgan fingerprint density at radius 1 is 1.53 bits per heavy atom. The van der Waals surface area contributed by atoms with E-state index in [2.05, 4.69) is 5.32 Å². The van der Waals surface area contributed by atoms with Gasteiger partial charge in [0.25, 0.3) is 0 Å². The quantitative estimate of drug-likeness (QED) is 0.639. The van der Waals surface area contributed by atoms with Crippen molar-refractivity contribution in [1.82, 2.24) is 10.2 Å². The molecule has 0 aliphatic carbocycles. The van der Waals surface area contributed by atoms with Crippen LogP contribution in [0.3, 0.4) is 0 Å². The number of aliphatic carboxylic acids is 1. The van der Waals surface area contributed by atoms with E-state index in [1.165, 1.54) is 18.7 Å². The Bertz CT molecular complexity index is 327. The average Bonchev–Trinajstić information content (AvgIpc) is 2.59. The largest absolute Gasteiger partial charge is 0.481 e. The molecule has 0 spiro atoms. The molecular formula is C11H20N2O4. The minimum absolute atomic E-state index is 0.0213. The fraction of sp³-hybridized carbons (Fsp3) is 0.818. The van der Waals surface area contributed by atoms with Crippen molar-refractivity contribution in [3.63, 3.8) is 0 Å². The van der Waals surface area contributed by atoms with Crippen LogP contribution in [0.15, 0.2) is 0 Å². The lowest BCUT2D eigenvalue weighted by Crippen LogP contribution is -2.57. The molecule has 3 unspecified atom stereocenters. The molecule has 1 heterocycles. The zero-order chi connectivity index (χ0) is 13.4. The second-order valence-corrected chi connectivity index (χ2v) is 5.04. The predicted octanol–water partition coefficient (Wildman–Crippen LogP) is -0.170. The molecule has 1 rings (SSSR count). The zero-order valence-corrected chi connectivity index (χ0v) is 10.6. The lowest BCUT2D eigenvalue weighted by molar-refractivity contribution is -0.176. The lowest BCUT2D eigenvalue weighted by atomic mass is 9.96. The smallest absolute Gasteiger partial charge is 0.310 e. The summed E-state index contributed by atoms with van der Waals surface area (Å²) >= 11 is 0. The van der Waals surface area contributed by atoms with Crippen LogP contribution in [0.1, 0.15) is 27.7 Å². The highest BCUT2D eigenvalue weighted by Crippen LogP contribution is 2.28. The van der Waals surface area contributed by atoms with E-state index < -0.39 is 17.6 Å². The van der Waals surface area contributed by atoms with Gasteiger partial charge in [-0.05, 0) is 19.8 Å². The van der Waals surface area contributed by atoms with Crippen molar-refractivity contribution in [2.45, 2.75) is 39.6 Å². The summed E-state index contributed by atoms with van der Waals surface area (Å²) in [5.74, 6) is -2.16. The number of aliphatic hydroxyl groups is 1. The van der Waals surface area contributed by atoms with Gasteiger partial charge in [-0.3, -0.25) is 9.59 Å². The molecule has 17 heavy (non-hydrogen) atoms. The Morgan fingerprint density at radius 3 is 2.47 bits per heavy atom. The fourth-order valence-electron chi connectivity index (χ4n) is 1.99. The minimum Gasteiger partial charge on any atom is -0.481 e. The Hall–Kier alpha value is -1.14. The summed E-state index contributed by atoms with van der Waals surface area (Å²) in [7, 11) is 0. The third-order valence-electron chi connectivity index (χ3n) is 3.36. The van der Waals surface area contributed by atoms with E-state index in [0.29, 0.717) is 0 Å². The molecule has 0 aromatic carbocycles. The van der Waals surface area contributed by atoms with Gasteiger partial charge in [0, 0.05) is 0 Å². The van der Waals surface area contributed by atoms with Gasteiger partial charge in [-0.15, -0.1) is 0 Å². The van der Waals surface area contributed by atoms with Crippen LogP contribution < -0.4 is 5.32 Å². The van der Waals surface area contributed by atoms with Crippen LogP contribution in [0, 0.1) is 11.8 Å². The average molecular weight is 244 g/mol. The summed E-state index contributed by atoms with van der Waals surface area (Å²) in [6.07, 6.45) is -0.334. The zero-order valence-electron chi connectivity index (χ0n) is 10.6. The molecule has 6 nitrogen and oxygen atoms in total. The highest BCUT2D eigenvalue weighted by molar-refractivity contribution is 5.81. The van der Waals surface area contributed by atoms with Gasteiger partial charge in [0.05, 0.1) is 18.6 Å². The maximum atomic E-state index is 11.4. The summed E-state index contributed by atoms with van der Waals surface area (Å²) in [4.78, 5) is 23.9. The number of carboxylic acids is 1. The number of rotatable bonds is 4. The fourth-order valence-corrected chi connectivity index (χ4v) is 1.99. The third-order valence-corrected chi connectivity index (χ3v) is 3.36. The van der Waals surface area contributed by atoms with Gasteiger partial charge >= 0.3 is 5.97 Å². The molecular weight excluding hydrogens is 224 g/mol. The molecule has 1 amide bonds. The van der Waals surface area contributed by atoms with Crippen molar-refractivity contribution in [1.29, 1.82) is 0 Å². The molecule has 1 aliphatic heterocycles. The van der Waals surface area contributed by atoms with Crippen LogP contribution in [0.5, 0.6) is 0 Å². The topological polar surface area (TPSA) is 89.9 Å². The molecule has 1 saturated heterocycles. The molecule has 3 atom stereocenters. The summed E-state index contributed by atoms with van der Waals surface area (Å²) in [6, 6.07) is 0. The maximum absolute atomic E-state index is 11.4. The van der Waals surface area contributed by atoms with Crippen molar-refractivity contribution in [3.8, 4) is 0 Å². The van der Waals surface area contributed by atoms with Gasteiger partial charge in [-0.1, -0.05) is 13.8 Å². The van der Waals surface area contributed by atoms with Crippen LogP contribution in [0.25, 0.3) is 0 Å². The van der Waals surface area contributed by atoms with E-state index in [4.69, 9.17) is 5.11 Å². The molecule has 1 fully saturated rings. The Morgan fingerprint density at radius 2 is 2.06 bits per heavy atom. The van der Waals surface area contributed by atoms with Crippen molar-refractivity contribution in [2.75, 3.05) is 6.54 Å². The first-order valence-electron chi connectivity index (χ1n) is 5.69. The Labute approximate surface area is 101 Å². The number of hydrogen-bond donors (Lipinski definition) is 3. The number of amides is 1. The number of carboxylic acid groups (broad SMARTS) is 1. The van der Waals surface area contributed by atoms with Crippen LogP contribution in [-0.4, -0.2) is 45.4 Å². The maximum Gasteiger partial charge on any atom is 0.310 e. The van der Waals surface area contributed by atoms with Crippen LogP contribution in [-0.2, 0) is 9.59 Å². The normalized spacial score (nSPS) is 26.7. The van der Waals surface area contributed by atoms with Gasteiger partial charge in [0.1, 0.15) is 5.72 Å². The summed E-state index contributed by atoms with van der Waals surface area (Å²) in [6.45, 7) is 6.70.